The molecule has 1 aliphatic rings. The Balaban J connectivity index is 2.10. The van der Waals surface area contributed by atoms with Gasteiger partial charge in [-0.3, -0.25) is 0 Å². The summed E-state index contributed by atoms with van der Waals surface area (Å²) in [6.07, 6.45) is 3.95. The maximum Gasteiger partial charge on any atom is 0.221 e. The topological polar surface area (TPSA) is 77.8 Å². The van der Waals surface area contributed by atoms with E-state index in [4.69, 9.17) is 11.5 Å². The number of aromatic nitrogens is 2. The van der Waals surface area contributed by atoms with Crippen molar-refractivity contribution >= 4 is 11.8 Å². The van der Waals surface area contributed by atoms with E-state index < -0.39 is 0 Å². The first-order valence-electron chi connectivity index (χ1n) is 5.66. The fraction of sp³-hybridized carbons (Fsp3) is 0.231. The Labute approximate surface area is 99.7 Å². The van der Waals surface area contributed by atoms with Gasteiger partial charge in [-0.25, -0.2) is 4.98 Å². The van der Waals surface area contributed by atoms with Gasteiger partial charge < -0.3 is 11.5 Å². The van der Waals surface area contributed by atoms with E-state index in [0.29, 0.717) is 5.82 Å². The monoisotopic (exact) mass is 226 g/mol. The van der Waals surface area contributed by atoms with E-state index in [2.05, 4.69) is 22.1 Å². The summed E-state index contributed by atoms with van der Waals surface area (Å²) < 4.78 is 0. The molecule has 1 fully saturated rings. The lowest BCUT2D eigenvalue weighted by Crippen LogP contribution is -2.14. The van der Waals surface area contributed by atoms with Gasteiger partial charge in [-0.05, 0) is 18.4 Å². The van der Waals surface area contributed by atoms with Crippen molar-refractivity contribution in [3.8, 4) is 0 Å². The first kappa shape index (κ1) is 10.1. The summed E-state index contributed by atoms with van der Waals surface area (Å²) in [5, 5.41) is 0. The van der Waals surface area contributed by atoms with Crippen LogP contribution in [0.25, 0.3) is 0 Å². The molecule has 17 heavy (non-hydrogen) atoms. The Kier molecular flexibility index (Phi) is 2.04. The fourth-order valence-electron chi connectivity index (χ4n) is 2.37. The highest BCUT2D eigenvalue weighted by molar-refractivity contribution is 5.54. The molecule has 1 saturated carbocycles. The first-order chi connectivity index (χ1) is 8.22. The molecule has 0 atom stereocenters. The molecule has 1 aromatic heterocycles. The van der Waals surface area contributed by atoms with Crippen molar-refractivity contribution in [1.82, 2.24) is 9.97 Å². The van der Waals surface area contributed by atoms with Crippen LogP contribution >= 0.6 is 0 Å². The zero-order chi connectivity index (χ0) is 11.9. The van der Waals surface area contributed by atoms with Gasteiger partial charge in [0.1, 0.15) is 5.82 Å². The molecule has 0 saturated heterocycles. The zero-order valence-corrected chi connectivity index (χ0v) is 9.43. The maximum atomic E-state index is 5.95. The minimum atomic E-state index is 0.0129. The lowest BCUT2D eigenvalue weighted by atomic mass is 9.89. The molecular formula is C13H14N4. The normalized spacial score (nSPS) is 16.7. The minimum absolute atomic E-state index is 0.0129. The Morgan fingerprint density at radius 3 is 2.35 bits per heavy atom. The van der Waals surface area contributed by atoms with Gasteiger partial charge in [0.25, 0.3) is 0 Å². The van der Waals surface area contributed by atoms with Crippen molar-refractivity contribution in [3.05, 3.63) is 47.7 Å². The number of hydrogen-bond acceptors (Lipinski definition) is 4. The third kappa shape index (κ3) is 1.53. The number of benzene rings is 1. The molecule has 0 spiro atoms. The Bertz CT molecular complexity index is 547. The van der Waals surface area contributed by atoms with Gasteiger partial charge in [0.15, 0.2) is 0 Å². The average Bonchev–Trinajstić information content (AvgIpc) is 3.11. The summed E-state index contributed by atoms with van der Waals surface area (Å²) in [6.45, 7) is 0. The van der Waals surface area contributed by atoms with Crippen LogP contribution in [0.3, 0.4) is 0 Å². The van der Waals surface area contributed by atoms with Gasteiger partial charge in [-0.1, -0.05) is 30.3 Å². The molecule has 4 heteroatoms. The Morgan fingerprint density at radius 1 is 1.06 bits per heavy atom. The summed E-state index contributed by atoms with van der Waals surface area (Å²) in [7, 11) is 0. The van der Waals surface area contributed by atoms with E-state index in [1.54, 1.807) is 6.20 Å². The summed E-state index contributed by atoms with van der Waals surface area (Å²) >= 11 is 0. The van der Waals surface area contributed by atoms with E-state index >= 15 is 0 Å². The summed E-state index contributed by atoms with van der Waals surface area (Å²) in [6, 6.07) is 10.4. The number of nitrogens with zero attached hydrogens (tertiary/aromatic N) is 2. The predicted octanol–water partition coefficient (Wildman–Crippen LogP) is 1.72. The molecule has 1 heterocycles. The highest BCUT2D eigenvalue weighted by Crippen LogP contribution is 2.54. The van der Waals surface area contributed by atoms with Crippen molar-refractivity contribution < 1.29 is 0 Å². The quantitative estimate of drug-likeness (QED) is 0.817. The average molecular weight is 226 g/mol. The molecule has 4 nitrogen and oxygen atoms in total. The highest BCUT2D eigenvalue weighted by atomic mass is 15.0. The van der Waals surface area contributed by atoms with Gasteiger partial charge >= 0.3 is 0 Å². The molecule has 0 aliphatic heterocycles. The van der Waals surface area contributed by atoms with Crippen LogP contribution in [0.2, 0.25) is 0 Å². The third-order valence-electron chi connectivity index (χ3n) is 3.43. The van der Waals surface area contributed by atoms with E-state index in [0.717, 1.165) is 18.4 Å². The van der Waals surface area contributed by atoms with Crippen molar-refractivity contribution in [2.75, 3.05) is 11.5 Å². The van der Waals surface area contributed by atoms with Gasteiger partial charge in [0, 0.05) is 17.2 Å². The van der Waals surface area contributed by atoms with Crippen molar-refractivity contribution in [2.24, 2.45) is 0 Å². The minimum Gasteiger partial charge on any atom is -0.383 e. The second kappa shape index (κ2) is 3.45. The van der Waals surface area contributed by atoms with E-state index in [9.17, 15) is 0 Å². The van der Waals surface area contributed by atoms with Crippen LogP contribution < -0.4 is 11.5 Å². The maximum absolute atomic E-state index is 5.95. The Morgan fingerprint density at radius 2 is 1.76 bits per heavy atom. The van der Waals surface area contributed by atoms with Crippen molar-refractivity contribution in [1.29, 1.82) is 0 Å². The third-order valence-corrected chi connectivity index (χ3v) is 3.43. The fourth-order valence-corrected chi connectivity index (χ4v) is 2.37. The summed E-state index contributed by atoms with van der Waals surface area (Å²) in [5.74, 6) is 0.731. The van der Waals surface area contributed by atoms with Crippen molar-refractivity contribution in [3.63, 3.8) is 0 Å². The van der Waals surface area contributed by atoms with Gasteiger partial charge in [0.2, 0.25) is 5.95 Å². The molecule has 1 aromatic carbocycles. The molecule has 1 aliphatic carbocycles. The lowest BCUT2D eigenvalue weighted by Gasteiger charge is -2.17. The molecule has 0 amide bonds. The van der Waals surface area contributed by atoms with Crippen LogP contribution in [0.4, 0.5) is 11.8 Å². The number of nitrogens with two attached hydrogens (primary N) is 2. The number of anilines is 2. The van der Waals surface area contributed by atoms with E-state index in [-0.39, 0.29) is 11.4 Å². The summed E-state index contributed by atoms with van der Waals surface area (Å²) in [5.41, 5.74) is 13.8. The molecule has 0 unspecified atom stereocenters. The molecule has 2 aromatic rings. The van der Waals surface area contributed by atoms with E-state index in [1.807, 2.05) is 18.2 Å². The van der Waals surface area contributed by atoms with Gasteiger partial charge in [0.05, 0.1) is 0 Å². The standard InChI is InChI=1S/C13H14N4/c14-11-10(8-16-12(15)17-11)13(6-7-13)9-4-2-1-3-5-9/h1-5,8H,6-7H2,(H4,14,15,16,17). The zero-order valence-electron chi connectivity index (χ0n) is 9.43. The number of hydrogen-bond donors (Lipinski definition) is 2. The lowest BCUT2D eigenvalue weighted by molar-refractivity contribution is 0.834. The van der Waals surface area contributed by atoms with E-state index in [1.165, 1.54) is 5.56 Å². The molecule has 4 N–H and O–H groups in total. The van der Waals surface area contributed by atoms with Crippen LogP contribution in [-0.2, 0) is 5.41 Å². The summed E-state index contributed by atoms with van der Waals surface area (Å²) in [4.78, 5) is 8.11. The van der Waals surface area contributed by atoms with Crippen molar-refractivity contribution in [2.45, 2.75) is 18.3 Å². The number of nitrogen functional groups attached to an aromatic ring is 2. The second-order valence-corrected chi connectivity index (χ2v) is 4.48. The van der Waals surface area contributed by atoms with Gasteiger partial charge in [-0.2, -0.15) is 4.98 Å². The predicted molar refractivity (Wildman–Crippen MR) is 67.3 cm³/mol. The molecule has 0 bridgehead atoms. The van der Waals surface area contributed by atoms with Gasteiger partial charge in [-0.15, -0.1) is 0 Å². The second-order valence-electron chi connectivity index (χ2n) is 4.48. The molecule has 86 valence electrons. The molecule has 0 radical (unpaired) electrons. The Hall–Kier alpha value is -2.10. The van der Waals surface area contributed by atoms with Crippen LogP contribution in [0.15, 0.2) is 36.5 Å². The van der Waals surface area contributed by atoms with Crippen LogP contribution in [0.1, 0.15) is 24.0 Å². The van der Waals surface area contributed by atoms with Crippen LogP contribution in [-0.4, -0.2) is 9.97 Å². The van der Waals surface area contributed by atoms with Crippen LogP contribution in [0.5, 0.6) is 0 Å². The number of rotatable bonds is 2. The smallest absolute Gasteiger partial charge is 0.221 e. The van der Waals surface area contributed by atoms with Crippen LogP contribution in [0, 0.1) is 0 Å². The largest absolute Gasteiger partial charge is 0.383 e. The molecule has 3 rings (SSSR count). The first-order valence-corrected chi connectivity index (χ1v) is 5.66. The molecular weight excluding hydrogens is 212 g/mol. The highest BCUT2D eigenvalue weighted by Gasteiger charge is 2.47. The SMILES string of the molecule is Nc1ncc(C2(c3ccccc3)CC2)c(N)n1.